The van der Waals surface area contributed by atoms with E-state index >= 15 is 0 Å². The SMILES string of the molecule is CNC1CCN(C2CCSCC2)C1. The first kappa shape index (κ1) is 9.81. The summed E-state index contributed by atoms with van der Waals surface area (Å²) in [6, 6.07) is 1.66. The summed E-state index contributed by atoms with van der Waals surface area (Å²) in [6.45, 7) is 2.60. The van der Waals surface area contributed by atoms with Gasteiger partial charge in [0.1, 0.15) is 0 Å². The molecule has 0 aromatic heterocycles. The molecule has 0 amide bonds. The Balaban J connectivity index is 1.80. The van der Waals surface area contributed by atoms with Crippen LogP contribution in [0, 0.1) is 0 Å². The van der Waals surface area contributed by atoms with E-state index in [1.165, 1.54) is 43.9 Å². The highest BCUT2D eigenvalue weighted by Crippen LogP contribution is 2.24. The molecule has 2 fully saturated rings. The van der Waals surface area contributed by atoms with Gasteiger partial charge in [0.05, 0.1) is 0 Å². The number of likely N-dealkylation sites (tertiary alicyclic amines) is 1. The molecular weight excluding hydrogens is 180 g/mol. The molecule has 2 aliphatic heterocycles. The minimum Gasteiger partial charge on any atom is -0.316 e. The first-order chi connectivity index (χ1) is 6.40. The van der Waals surface area contributed by atoms with Crippen LogP contribution in [0.4, 0.5) is 0 Å². The van der Waals surface area contributed by atoms with E-state index in [2.05, 4.69) is 29.0 Å². The molecule has 0 aromatic rings. The van der Waals surface area contributed by atoms with Gasteiger partial charge >= 0.3 is 0 Å². The van der Waals surface area contributed by atoms with Crippen molar-refractivity contribution in [2.24, 2.45) is 0 Å². The first-order valence-corrected chi connectivity index (χ1v) is 6.54. The Morgan fingerprint density at radius 3 is 2.62 bits per heavy atom. The molecule has 2 rings (SSSR count). The molecule has 2 heterocycles. The van der Waals surface area contributed by atoms with E-state index in [-0.39, 0.29) is 0 Å². The van der Waals surface area contributed by atoms with E-state index in [9.17, 15) is 0 Å². The lowest BCUT2D eigenvalue weighted by atomic mass is 10.1. The van der Waals surface area contributed by atoms with Crippen LogP contribution >= 0.6 is 11.8 Å². The summed E-state index contributed by atoms with van der Waals surface area (Å²) >= 11 is 2.12. The zero-order chi connectivity index (χ0) is 9.10. The fourth-order valence-corrected chi connectivity index (χ4v) is 3.49. The van der Waals surface area contributed by atoms with Crippen molar-refractivity contribution in [2.45, 2.75) is 31.3 Å². The van der Waals surface area contributed by atoms with Crippen molar-refractivity contribution < 1.29 is 0 Å². The Morgan fingerprint density at radius 1 is 1.23 bits per heavy atom. The van der Waals surface area contributed by atoms with Crippen LogP contribution in [0.3, 0.4) is 0 Å². The standard InChI is InChI=1S/C10H20N2S/c1-11-9-2-5-12(8-9)10-3-6-13-7-4-10/h9-11H,2-8H2,1H3. The van der Waals surface area contributed by atoms with E-state index in [1.54, 1.807) is 0 Å². The highest BCUT2D eigenvalue weighted by Gasteiger charge is 2.27. The van der Waals surface area contributed by atoms with E-state index < -0.39 is 0 Å². The normalized spacial score (nSPS) is 32.5. The van der Waals surface area contributed by atoms with Gasteiger partial charge in [-0.25, -0.2) is 0 Å². The molecule has 0 saturated carbocycles. The molecule has 0 bridgehead atoms. The quantitative estimate of drug-likeness (QED) is 0.720. The number of likely N-dealkylation sites (N-methyl/N-ethyl adjacent to an activating group) is 1. The molecule has 0 spiro atoms. The van der Waals surface area contributed by atoms with Crippen LogP contribution in [-0.4, -0.2) is 48.6 Å². The molecule has 13 heavy (non-hydrogen) atoms. The van der Waals surface area contributed by atoms with Crippen molar-refractivity contribution in [1.82, 2.24) is 10.2 Å². The van der Waals surface area contributed by atoms with Crippen LogP contribution in [0.5, 0.6) is 0 Å². The van der Waals surface area contributed by atoms with Crippen molar-refractivity contribution >= 4 is 11.8 Å². The lowest BCUT2D eigenvalue weighted by Gasteiger charge is -2.30. The summed E-state index contributed by atoms with van der Waals surface area (Å²) < 4.78 is 0. The van der Waals surface area contributed by atoms with Gasteiger partial charge in [0.25, 0.3) is 0 Å². The van der Waals surface area contributed by atoms with Gasteiger partial charge in [-0.1, -0.05) is 0 Å². The molecule has 0 radical (unpaired) electrons. The Labute approximate surface area is 85.4 Å². The lowest BCUT2D eigenvalue weighted by molar-refractivity contribution is 0.225. The van der Waals surface area contributed by atoms with Gasteiger partial charge in [0.15, 0.2) is 0 Å². The van der Waals surface area contributed by atoms with Crippen LogP contribution < -0.4 is 5.32 Å². The molecule has 76 valence electrons. The van der Waals surface area contributed by atoms with Gasteiger partial charge < -0.3 is 5.32 Å². The maximum atomic E-state index is 3.39. The predicted octanol–water partition coefficient (Wildman–Crippen LogP) is 1.18. The third kappa shape index (κ3) is 2.39. The molecule has 2 nitrogen and oxygen atoms in total. The monoisotopic (exact) mass is 200 g/mol. The number of nitrogens with one attached hydrogen (secondary N) is 1. The molecule has 2 aliphatic rings. The molecule has 0 aliphatic carbocycles. The minimum atomic E-state index is 0.759. The van der Waals surface area contributed by atoms with E-state index in [0.717, 1.165) is 12.1 Å². The second kappa shape index (κ2) is 4.67. The van der Waals surface area contributed by atoms with Crippen molar-refractivity contribution in [2.75, 3.05) is 31.6 Å². The fourth-order valence-electron chi connectivity index (χ4n) is 2.40. The highest BCUT2D eigenvalue weighted by molar-refractivity contribution is 7.99. The smallest absolute Gasteiger partial charge is 0.0204 e. The Kier molecular flexibility index (Phi) is 3.52. The number of rotatable bonds is 2. The van der Waals surface area contributed by atoms with Crippen LogP contribution in [-0.2, 0) is 0 Å². The molecule has 1 unspecified atom stereocenters. The van der Waals surface area contributed by atoms with Crippen LogP contribution in [0.1, 0.15) is 19.3 Å². The van der Waals surface area contributed by atoms with Crippen LogP contribution in [0.2, 0.25) is 0 Å². The van der Waals surface area contributed by atoms with Crippen molar-refractivity contribution in [1.29, 1.82) is 0 Å². The summed E-state index contributed by atoms with van der Waals surface area (Å²) in [5, 5.41) is 3.39. The highest BCUT2D eigenvalue weighted by atomic mass is 32.2. The summed E-state index contributed by atoms with van der Waals surface area (Å²) in [5.41, 5.74) is 0. The van der Waals surface area contributed by atoms with Crippen molar-refractivity contribution in [3.63, 3.8) is 0 Å². The molecule has 0 aromatic carbocycles. The van der Waals surface area contributed by atoms with Gasteiger partial charge in [0, 0.05) is 25.2 Å². The molecule has 1 N–H and O–H groups in total. The first-order valence-electron chi connectivity index (χ1n) is 5.39. The second-order valence-corrected chi connectivity index (χ2v) is 5.34. The molecule has 2 saturated heterocycles. The number of hydrogen-bond donors (Lipinski definition) is 1. The Bertz CT molecular complexity index is 157. The van der Waals surface area contributed by atoms with E-state index in [0.29, 0.717) is 0 Å². The van der Waals surface area contributed by atoms with Crippen molar-refractivity contribution in [3.05, 3.63) is 0 Å². The zero-order valence-corrected chi connectivity index (χ0v) is 9.28. The number of hydrogen-bond acceptors (Lipinski definition) is 3. The molecular formula is C10H20N2S. The van der Waals surface area contributed by atoms with Gasteiger partial charge in [-0.3, -0.25) is 4.90 Å². The van der Waals surface area contributed by atoms with Gasteiger partial charge in [-0.2, -0.15) is 11.8 Å². The van der Waals surface area contributed by atoms with E-state index in [4.69, 9.17) is 0 Å². The summed E-state index contributed by atoms with van der Waals surface area (Å²) in [7, 11) is 2.09. The van der Waals surface area contributed by atoms with Gasteiger partial charge in [0.2, 0.25) is 0 Å². The Morgan fingerprint density at radius 2 is 2.00 bits per heavy atom. The number of nitrogens with zero attached hydrogens (tertiary/aromatic N) is 1. The lowest BCUT2D eigenvalue weighted by Crippen LogP contribution is -2.38. The maximum Gasteiger partial charge on any atom is 0.0204 e. The van der Waals surface area contributed by atoms with E-state index in [1.807, 2.05) is 0 Å². The second-order valence-electron chi connectivity index (χ2n) is 4.11. The third-order valence-corrected chi connectivity index (χ3v) is 4.38. The van der Waals surface area contributed by atoms with Crippen LogP contribution in [0.15, 0.2) is 0 Å². The number of thioether (sulfide) groups is 1. The predicted molar refractivity (Wildman–Crippen MR) is 59.4 cm³/mol. The van der Waals surface area contributed by atoms with Gasteiger partial charge in [-0.15, -0.1) is 0 Å². The van der Waals surface area contributed by atoms with Crippen LogP contribution in [0.25, 0.3) is 0 Å². The minimum absolute atomic E-state index is 0.759. The average molecular weight is 200 g/mol. The maximum absolute atomic E-state index is 3.39. The zero-order valence-electron chi connectivity index (χ0n) is 8.46. The summed E-state index contributed by atoms with van der Waals surface area (Å²) in [4.78, 5) is 2.70. The largest absolute Gasteiger partial charge is 0.316 e. The molecule has 1 atom stereocenters. The third-order valence-electron chi connectivity index (χ3n) is 3.34. The average Bonchev–Trinajstić information content (AvgIpc) is 2.67. The van der Waals surface area contributed by atoms with Crippen molar-refractivity contribution in [3.8, 4) is 0 Å². The molecule has 3 heteroatoms. The Hall–Kier alpha value is 0.270. The fraction of sp³-hybridized carbons (Fsp3) is 1.00. The summed E-state index contributed by atoms with van der Waals surface area (Å²) in [5.74, 6) is 2.76. The summed E-state index contributed by atoms with van der Waals surface area (Å²) in [6.07, 6.45) is 4.18. The topological polar surface area (TPSA) is 15.3 Å². The van der Waals surface area contributed by atoms with Gasteiger partial charge in [-0.05, 0) is 37.8 Å².